The Hall–Kier alpha value is -1.65. The van der Waals surface area contributed by atoms with Crippen LogP contribution in [0.25, 0.3) is 0 Å². The highest BCUT2D eigenvalue weighted by Gasteiger charge is 2.27. The molecule has 0 amide bonds. The van der Waals surface area contributed by atoms with E-state index in [1.54, 1.807) is 11.3 Å². The summed E-state index contributed by atoms with van der Waals surface area (Å²) in [6, 6.07) is 11.6. The van der Waals surface area contributed by atoms with Crippen molar-refractivity contribution in [2.24, 2.45) is 0 Å². The molecule has 0 aliphatic carbocycles. The summed E-state index contributed by atoms with van der Waals surface area (Å²) in [5, 5.41) is 13.8. The van der Waals surface area contributed by atoms with Crippen molar-refractivity contribution < 1.29 is 0 Å². The fourth-order valence-electron chi connectivity index (χ4n) is 3.83. The molecule has 0 spiro atoms. The van der Waals surface area contributed by atoms with Crippen molar-refractivity contribution in [3.8, 4) is 0 Å². The molecular formula is C19H23N3S. The van der Waals surface area contributed by atoms with E-state index < -0.39 is 0 Å². The molecule has 0 saturated carbocycles. The van der Waals surface area contributed by atoms with E-state index in [0.29, 0.717) is 6.04 Å². The Morgan fingerprint density at radius 3 is 2.91 bits per heavy atom. The molecule has 1 aromatic heterocycles. The maximum absolute atomic E-state index is 8.27. The molecule has 2 aromatic rings. The molecule has 0 atom stereocenters. The predicted octanol–water partition coefficient (Wildman–Crippen LogP) is 3.47. The number of anilines is 1. The van der Waals surface area contributed by atoms with Gasteiger partial charge in [-0.2, -0.15) is 0 Å². The van der Waals surface area contributed by atoms with Crippen LogP contribution in [0.15, 0.2) is 35.7 Å². The highest BCUT2D eigenvalue weighted by molar-refractivity contribution is 7.12. The number of nitrogens with one attached hydrogen (secondary N) is 2. The molecular weight excluding hydrogens is 302 g/mol. The van der Waals surface area contributed by atoms with Gasteiger partial charge < -0.3 is 15.6 Å². The van der Waals surface area contributed by atoms with Crippen LogP contribution in [-0.2, 0) is 12.8 Å². The van der Waals surface area contributed by atoms with Gasteiger partial charge in [-0.25, -0.2) is 0 Å². The lowest BCUT2D eigenvalue weighted by Gasteiger charge is -2.33. The minimum absolute atomic E-state index is 0.702. The molecule has 3 heterocycles. The summed E-state index contributed by atoms with van der Waals surface area (Å²) in [5.74, 6) is 0. The van der Waals surface area contributed by atoms with E-state index in [1.165, 1.54) is 29.7 Å². The van der Waals surface area contributed by atoms with Gasteiger partial charge in [0.05, 0.1) is 5.71 Å². The first-order chi connectivity index (χ1) is 11.3. The lowest BCUT2D eigenvalue weighted by molar-refractivity contribution is 0.435. The monoisotopic (exact) mass is 325 g/mol. The van der Waals surface area contributed by atoms with Gasteiger partial charge in [0.15, 0.2) is 0 Å². The Morgan fingerprint density at radius 2 is 2.13 bits per heavy atom. The second-order valence-corrected chi connectivity index (χ2v) is 7.47. The molecule has 120 valence electrons. The molecule has 1 fully saturated rings. The first-order valence-electron chi connectivity index (χ1n) is 8.52. The number of fused-ring (bicyclic) bond motifs is 1. The van der Waals surface area contributed by atoms with Crippen LogP contribution in [0.1, 0.15) is 28.8 Å². The van der Waals surface area contributed by atoms with Gasteiger partial charge in [0.1, 0.15) is 0 Å². The van der Waals surface area contributed by atoms with Gasteiger partial charge >= 0.3 is 0 Å². The molecule has 4 rings (SSSR count). The summed E-state index contributed by atoms with van der Waals surface area (Å²) in [6.45, 7) is 3.45. The van der Waals surface area contributed by atoms with Gasteiger partial charge in [-0.1, -0.05) is 18.2 Å². The van der Waals surface area contributed by atoms with Crippen molar-refractivity contribution in [1.82, 2.24) is 5.32 Å². The zero-order chi connectivity index (χ0) is 15.6. The van der Waals surface area contributed by atoms with Crippen LogP contribution >= 0.6 is 11.3 Å². The number of piperidine rings is 1. The number of benzene rings is 1. The second kappa shape index (κ2) is 6.46. The lowest BCUT2D eigenvalue weighted by atomic mass is 10.0. The third-order valence-electron chi connectivity index (χ3n) is 5.02. The zero-order valence-corrected chi connectivity index (χ0v) is 14.2. The fourth-order valence-corrected chi connectivity index (χ4v) is 4.51. The Morgan fingerprint density at radius 1 is 1.26 bits per heavy atom. The van der Waals surface area contributed by atoms with Gasteiger partial charge in [-0.15, -0.1) is 11.3 Å². The Labute approximate surface area is 141 Å². The molecule has 23 heavy (non-hydrogen) atoms. The van der Waals surface area contributed by atoms with E-state index >= 15 is 0 Å². The van der Waals surface area contributed by atoms with Crippen molar-refractivity contribution in [3.05, 3.63) is 51.7 Å². The molecule has 0 radical (unpaired) electrons. The molecule has 2 aliphatic rings. The summed E-state index contributed by atoms with van der Waals surface area (Å²) in [5.41, 5.74) is 4.91. The number of rotatable bonds is 4. The van der Waals surface area contributed by atoms with Gasteiger partial charge in [0, 0.05) is 29.6 Å². The number of nitrogens with zero attached hydrogens (tertiary/aromatic N) is 1. The highest BCUT2D eigenvalue weighted by Crippen LogP contribution is 2.33. The molecule has 0 bridgehead atoms. The molecule has 4 heteroatoms. The molecule has 2 N–H and O–H groups in total. The average molecular weight is 325 g/mol. The summed E-state index contributed by atoms with van der Waals surface area (Å²) >= 11 is 1.66. The molecule has 0 unspecified atom stereocenters. The van der Waals surface area contributed by atoms with Crippen LogP contribution in [0.4, 0.5) is 5.69 Å². The third kappa shape index (κ3) is 3.06. The average Bonchev–Trinajstić information content (AvgIpc) is 3.25. The summed E-state index contributed by atoms with van der Waals surface area (Å²) in [6.07, 6.45) is 4.40. The predicted molar refractivity (Wildman–Crippen MR) is 98.2 cm³/mol. The quantitative estimate of drug-likeness (QED) is 0.845. The van der Waals surface area contributed by atoms with Crippen molar-refractivity contribution in [2.45, 2.75) is 31.7 Å². The van der Waals surface area contributed by atoms with E-state index in [-0.39, 0.29) is 0 Å². The van der Waals surface area contributed by atoms with Crippen LogP contribution in [0.3, 0.4) is 0 Å². The van der Waals surface area contributed by atoms with Crippen molar-refractivity contribution in [3.63, 3.8) is 0 Å². The first-order valence-corrected chi connectivity index (χ1v) is 9.40. The number of thiophene rings is 1. The number of hydrogen-bond donors (Lipinski definition) is 2. The van der Waals surface area contributed by atoms with Crippen molar-refractivity contribution in [2.75, 3.05) is 24.5 Å². The minimum atomic E-state index is 0.702. The molecule has 3 nitrogen and oxygen atoms in total. The summed E-state index contributed by atoms with van der Waals surface area (Å²) in [4.78, 5) is 3.70. The lowest BCUT2D eigenvalue weighted by Crippen LogP contribution is -2.42. The zero-order valence-electron chi connectivity index (χ0n) is 13.3. The second-order valence-electron chi connectivity index (χ2n) is 6.52. The Balaban J connectivity index is 1.50. The SMILES string of the molecule is N=C(Cc1ccc2c(c1)CCN2C1CCNCC1)c1cccs1. The first kappa shape index (κ1) is 14.9. The van der Waals surface area contributed by atoms with E-state index in [1.807, 2.05) is 17.5 Å². The van der Waals surface area contributed by atoms with Crippen LogP contribution in [0, 0.1) is 5.41 Å². The normalized spacial score (nSPS) is 18.2. The largest absolute Gasteiger partial charge is 0.368 e. The maximum Gasteiger partial charge on any atom is 0.0529 e. The fraction of sp³-hybridized carbons (Fsp3) is 0.421. The topological polar surface area (TPSA) is 39.1 Å². The standard InChI is InChI=1S/C19H23N3S/c20-17(19-2-1-11-23-19)13-14-3-4-18-15(12-14)7-10-22(18)16-5-8-21-9-6-16/h1-4,11-12,16,20-21H,5-10,13H2. The van der Waals surface area contributed by atoms with E-state index in [4.69, 9.17) is 5.41 Å². The van der Waals surface area contributed by atoms with Crippen LogP contribution < -0.4 is 10.2 Å². The maximum atomic E-state index is 8.27. The van der Waals surface area contributed by atoms with Crippen LogP contribution in [0.5, 0.6) is 0 Å². The van der Waals surface area contributed by atoms with Gasteiger partial charge in [-0.05, 0) is 61.0 Å². The molecule has 2 aliphatic heterocycles. The van der Waals surface area contributed by atoms with Gasteiger partial charge in [0.25, 0.3) is 0 Å². The van der Waals surface area contributed by atoms with Crippen molar-refractivity contribution in [1.29, 1.82) is 5.41 Å². The van der Waals surface area contributed by atoms with Crippen molar-refractivity contribution >= 4 is 22.7 Å². The van der Waals surface area contributed by atoms with Gasteiger partial charge in [-0.3, -0.25) is 0 Å². The highest BCUT2D eigenvalue weighted by atomic mass is 32.1. The summed E-state index contributed by atoms with van der Waals surface area (Å²) in [7, 11) is 0. The van der Waals surface area contributed by atoms with Crippen LogP contribution in [-0.4, -0.2) is 31.4 Å². The Bertz CT molecular complexity index is 687. The van der Waals surface area contributed by atoms with E-state index in [2.05, 4.69) is 28.4 Å². The Kier molecular flexibility index (Phi) is 4.19. The molecule has 1 aromatic carbocycles. The smallest absolute Gasteiger partial charge is 0.0529 e. The van der Waals surface area contributed by atoms with Gasteiger partial charge in [0.2, 0.25) is 0 Å². The van der Waals surface area contributed by atoms with Crippen LogP contribution in [0.2, 0.25) is 0 Å². The van der Waals surface area contributed by atoms with E-state index in [9.17, 15) is 0 Å². The molecule has 1 saturated heterocycles. The minimum Gasteiger partial charge on any atom is -0.368 e. The third-order valence-corrected chi connectivity index (χ3v) is 5.95. The summed E-state index contributed by atoms with van der Waals surface area (Å²) < 4.78 is 0. The number of hydrogen-bond acceptors (Lipinski definition) is 4. The van der Waals surface area contributed by atoms with E-state index in [0.717, 1.165) is 43.1 Å².